The Bertz CT molecular complexity index is 847. The third-order valence-electron chi connectivity index (χ3n) is 4.70. The van der Waals surface area contributed by atoms with Gasteiger partial charge in [-0.1, -0.05) is 59.8 Å². The summed E-state index contributed by atoms with van der Waals surface area (Å²) in [5, 5.41) is 10.3. The molecule has 2 atom stereocenters. The van der Waals surface area contributed by atoms with Gasteiger partial charge in [0.1, 0.15) is 0 Å². The van der Waals surface area contributed by atoms with Crippen molar-refractivity contribution in [2.24, 2.45) is 0 Å². The van der Waals surface area contributed by atoms with Crippen molar-refractivity contribution in [3.05, 3.63) is 72.1 Å². The Kier molecular flexibility index (Phi) is 4.75. The van der Waals surface area contributed by atoms with Crippen LogP contribution in [0, 0.1) is 0 Å². The van der Waals surface area contributed by atoms with Gasteiger partial charge in [0.25, 0.3) is 0 Å². The largest absolute Gasteiger partial charge is 0.351 e. The second-order valence-corrected chi connectivity index (χ2v) is 6.43. The van der Waals surface area contributed by atoms with E-state index in [1.165, 1.54) is 12.0 Å². The molecule has 2 aromatic carbocycles. The van der Waals surface area contributed by atoms with Crippen LogP contribution in [0.15, 0.2) is 65.5 Å². The highest BCUT2D eigenvalue weighted by Crippen LogP contribution is 2.26. The zero-order valence-electron chi connectivity index (χ0n) is 14.3. The minimum atomic E-state index is -0.140. The molecule has 1 saturated heterocycles. The minimum absolute atomic E-state index is 0.0469. The summed E-state index contributed by atoms with van der Waals surface area (Å²) in [5.74, 6) is 0.605. The Morgan fingerprint density at radius 1 is 1.12 bits per heavy atom. The Morgan fingerprint density at radius 2 is 1.92 bits per heavy atom. The second-order valence-electron chi connectivity index (χ2n) is 6.43. The highest BCUT2D eigenvalue weighted by Gasteiger charge is 2.29. The lowest BCUT2D eigenvalue weighted by Crippen LogP contribution is -2.40. The predicted octanol–water partition coefficient (Wildman–Crippen LogP) is 2.85. The van der Waals surface area contributed by atoms with E-state index in [9.17, 15) is 4.79 Å². The van der Waals surface area contributed by atoms with Crippen LogP contribution in [0.3, 0.4) is 0 Å². The lowest BCUT2D eigenvalue weighted by Gasteiger charge is -2.15. The lowest BCUT2D eigenvalue weighted by molar-refractivity contribution is -0.123. The maximum atomic E-state index is 12.4. The molecule has 6 nitrogen and oxygen atoms in total. The number of hydrogen-bond donors (Lipinski definition) is 2. The van der Waals surface area contributed by atoms with E-state index in [1.54, 1.807) is 0 Å². The molecule has 1 amide bonds. The van der Waals surface area contributed by atoms with Crippen molar-refractivity contribution < 1.29 is 9.32 Å². The van der Waals surface area contributed by atoms with E-state index in [0.717, 1.165) is 24.0 Å². The predicted molar refractivity (Wildman–Crippen MR) is 96.9 cm³/mol. The molecule has 132 valence electrons. The molecule has 0 unspecified atom stereocenters. The SMILES string of the molecule is O=C(NCc1ccc(-c2ncon2)cc1)[C@H]1CC[C@H](c2ccccc2)N1. The number of hydrogen-bond acceptors (Lipinski definition) is 5. The maximum Gasteiger partial charge on any atom is 0.237 e. The molecule has 26 heavy (non-hydrogen) atoms. The fourth-order valence-corrected chi connectivity index (χ4v) is 3.28. The molecule has 1 aliphatic heterocycles. The van der Waals surface area contributed by atoms with Crippen molar-refractivity contribution >= 4 is 5.91 Å². The number of nitrogens with zero attached hydrogens (tertiary/aromatic N) is 2. The van der Waals surface area contributed by atoms with E-state index in [-0.39, 0.29) is 18.0 Å². The third kappa shape index (κ3) is 3.65. The molecular formula is C20H20N4O2. The summed E-state index contributed by atoms with van der Waals surface area (Å²) < 4.78 is 4.75. The van der Waals surface area contributed by atoms with Crippen LogP contribution in [0.1, 0.15) is 30.0 Å². The van der Waals surface area contributed by atoms with Gasteiger partial charge in [-0.25, -0.2) is 0 Å². The Balaban J connectivity index is 1.30. The molecule has 2 N–H and O–H groups in total. The van der Waals surface area contributed by atoms with Crippen molar-refractivity contribution in [1.82, 2.24) is 20.8 Å². The van der Waals surface area contributed by atoms with Gasteiger partial charge < -0.3 is 9.84 Å². The van der Waals surface area contributed by atoms with Gasteiger partial charge in [0, 0.05) is 18.2 Å². The Morgan fingerprint density at radius 3 is 2.65 bits per heavy atom. The molecule has 3 aromatic rings. The van der Waals surface area contributed by atoms with Crippen LogP contribution in [0.2, 0.25) is 0 Å². The molecule has 0 bridgehead atoms. The van der Waals surface area contributed by atoms with Crippen molar-refractivity contribution in [2.75, 3.05) is 0 Å². The summed E-state index contributed by atoms with van der Waals surface area (Å²) >= 11 is 0. The highest BCUT2D eigenvalue weighted by molar-refractivity contribution is 5.82. The fourth-order valence-electron chi connectivity index (χ4n) is 3.28. The molecule has 0 radical (unpaired) electrons. The number of benzene rings is 2. The molecule has 1 aromatic heterocycles. The summed E-state index contributed by atoms with van der Waals surface area (Å²) in [7, 11) is 0. The average Bonchev–Trinajstić information content (AvgIpc) is 3.39. The van der Waals surface area contributed by atoms with Crippen LogP contribution in [0.25, 0.3) is 11.4 Å². The molecule has 0 saturated carbocycles. The van der Waals surface area contributed by atoms with Gasteiger partial charge in [0.2, 0.25) is 18.1 Å². The quantitative estimate of drug-likeness (QED) is 0.741. The van der Waals surface area contributed by atoms with Crippen molar-refractivity contribution in [3.8, 4) is 11.4 Å². The number of aromatic nitrogens is 2. The van der Waals surface area contributed by atoms with Gasteiger partial charge in [-0.3, -0.25) is 10.1 Å². The van der Waals surface area contributed by atoms with E-state index in [4.69, 9.17) is 4.52 Å². The summed E-state index contributed by atoms with van der Waals surface area (Å²) in [6, 6.07) is 18.1. The summed E-state index contributed by atoms with van der Waals surface area (Å²) in [5.41, 5.74) is 3.15. The van der Waals surface area contributed by atoms with E-state index in [2.05, 4.69) is 32.9 Å². The molecule has 1 aliphatic rings. The zero-order valence-corrected chi connectivity index (χ0v) is 14.3. The molecule has 1 fully saturated rings. The van der Waals surface area contributed by atoms with Gasteiger partial charge in [0.05, 0.1) is 6.04 Å². The van der Waals surface area contributed by atoms with E-state index in [1.807, 2.05) is 42.5 Å². The standard InChI is InChI=1S/C20H20N4O2/c25-20(18-11-10-17(23-18)15-4-2-1-3-5-15)21-12-14-6-8-16(9-7-14)19-22-13-26-24-19/h1-9,13,17-18,23H,10-12H2,(H,21,25)/t17-,18-/m1/s1. The van der Waals surface area contributed by atoms with Gasteiger partial charge in [0.15, 0.2) is 0 Å². The normalized spacial score (nSPS) is 19.4. The molecule has 4 rings (SSSR count). The molecule has 6 heteroatoms. The lowest BCUT2D eigenvalue weighted by atomic mass is 10.1. The van der Waals surface area contributed by atoms with E-state index < -0.39 is 0 Å². The zero-order chi connectivity index (χ0) is 17.8. The smallest absolute Gasteiger partial charge is 0.237 e. The third-order valence-corrected chi connectivity index (χ3v) is 4.70. The summed E-state index contributed by atoms with van der Waals surface area (Å²) in [4.78, 5) is 16.5. The summed E-state index contributed by atoms with van der Waals surface area (Å²) in [6.07, 6.45) is 3.13. The number of carbonyl (C=O) groups is 1. The van der Waals surface area contributed by atoms with Crippen LogP contribution in [0.5, 0.6) is 0 Å². The maximum absolute atomic E-state index is 12.4. The number of rotatable bonds is 5. The second kappa shape index (κ2) is 7.49. The first-order chi connectivity index (χ1) is 12.8. The van der Waals surface area contributed by atoms with E-state index in [0.29, 0.717) is 12.4 Å². The van der Waals surface area contributed by atoms with Crippen LogP contribution in [0.4, 0.5) is 0 Å². The van der Waals surface area contributed by atoms with Crippen LogP contribution >= 0.6 is 0 Å². The van der Waals surface area contributed by atoms with Gasteiger partial charge in [-0.15, -0.1) is 0 Å². The van der Waals surface area contributed by atoms with Crippen molar-refractivity contribution in [3.63, 3.8) is 0 Å². The average molecular weight is 348 g/mol. The highest BCUT2D eigenvalue weighted by atomic mass is 16.5. The first-order valence-electron chi connectivity index (χ1n) is 8.74. The van der Waals surface area contributed by atoms with Crippen LogP contribution in [-0.4, -0.2) is 22.1 Å². The Hall–Kier alpha value is -2.99. The topological polar surface area (TPSA) is 80.1 Å². The minimum Gasteiger partial charge on any atom is -0.351 e. The van der Waals surface area contributed by atoms with Crippen LogP contribution < -0.4 is 10.6 Å². The molecular weight excluding hydrogens is 328 g/mol. The Labute approximate surface area is 151 Å². The molecule has 2 heterocycles. The fraction of sp³-hybridized carbons (Fsp3) is 0.250. The van der Waals surface area contributed by atoms with Crippen molar-refractivity contribution in [2.45, 2.75) is 31.5 Å². The molecule has 0 spiro atoms. The first kappa shape index (κ1) is 16.5. The number of amides is 1. The van der Waals surface area contributed by atoms with Gasteiger partial charge in [-0.2, -0.15) is 4.98 Å². The number of nitrogens with one attached hydrogen (secondary N) is 2. The monoisotopic (exact) mass is 348 g/mol. The van der Waals surface area contributed by atoms with Crippen LogP contribution in [-0.2, 0) is 11.3 Å². The van der Waals surface area contributed by atoms with Gasteiger partial charge in [-0.05, 0) is 24.0 Å². The van der Waals surface area contributed by atoms with E-state index >= 15 is 0 Å². The number of carbonyl (C=O) groups excluding carboxylic acids is 1. The molecule has 0 aliphatic carbocycles. The summed E-state index contributed by atoms with van der Waals surface area (Å²) in [6.45, 7) is 0.500. The van der Waals surface area contributed by atoms with Gasteiger partial charge >= 0.3 is 0 Å². The van der Waals surface area contributed by atoms with Crippen molar-refractivity contribution in [1.29, 1.82) is 0 Å². The first-order valence-corrected chi connectivity index (χ1v) is 8.74.